The average molecular weight is 382 g/mol. The van der Waals surface area contributed by atoms with Gasteiger partial charge in [0.25, 0.3) is 0 Å². The maximum Gasteiger partial charge on any atom is 0.120 e. The highest BCUT2D eigenvalue weighted by Crippen LogP contribution is 2.48. The zero-order valence-corrected chi connectivity index (χ0v) is 16.0. The molecule has 0 aliphatic carbocycles. The van der Waals surface area contributed by atoms with Crippen LogP contribution in [-0.4, -0.2) is 23.6 Å². The number of nitriles is 1. The second-order valence-corrected chi connectivity index (χ2v) is 6.85. The molecule has 29 heavy (non-hydrogen) atoms. The monoisotopic (exact) mass is 382 g/mol. The Morgan fingerprint density at radius 3 is 2.72 bits per heavy atom. The lowest BCUT2D eigenvalue weighted by Gasteiger charge is -2.29. The molecule has 0 bridgehead atoms. The van der Waals surface area contributed by atoms with Gasteiger partial charge in [-0.15, -0.1) is 0 Å². The van der Waals surface area contributed by atoms with E-state index in [4.69, 9.17) is 9.47 Å². The number of ether oxygens (including phenoxy) is 2. The fourth-order valence-corrected chi connectivity index (χ4v) is 4.05. The van der Waals surface area contributed by atoms with E-state index in [-0.39, 0.29) is 6.04 Å². The van der Waals surface area contributed by atoms with Crippen molar-refractivity contribution < 1.29 is 9.47 Å². The molecule has 1 aliphatic heterocycles. The smallest absolute Gasteiger partial charge is 0.120 e. The molecule has 3 heterocycles. The summed E-state index contributed by atoms with van der Waals surface area (Å²) in [5.41, 5.74) is 5.36. The number of nitrogens with one attached hydrogen (secondary N) is 1. The second kappa shape index (κ2) is 6.57. The Morgan fingerprint density at radius 1 is 1.10 bits per heavy atom. The van der Waals surface area contributed by atoms with Crippen LogP contribution in [0.4, 0.5) is 5.82 Å². The first-order valence-electron chi connectivity index (χ1n) is 9.22. The molecule has 0 spiro atoms. The van der Waals surface area contributed by atoms with Crippen LogP contribution in [0.1, 0.15) is 22.7 Å². The first kappa shape index (κ1) is 17.1. The molecule has 4 aromatic rings. The summed E-state index contributed by atoms with van der Waals surface area (Å²) in [6, 6.07) is 16.3. The molecule has 0 saturated heterocycles. The quantitative estimate of drug-likeness (QED) is 0.568. The lowest BCUT2D eigenvalue weighted by Crippen LogP contribution is -2.19. The van der Waals surface area contributed by atoms with E-state index >= 15 is 0 Å². The van der Waals surface area contributed by atoms with Crippen LogP contribution in [0.15, 0.2) is 61.1 Å². The van der Waals surface area contributed by atoms with Gasteiger partial charge in [0.1, 0.15) is 23.4 Å². The van der Waals surface area contributed by atoms with E-state index in [1.165, 1.54) is 0 Å². The Labute approximate surface area is 168 Å². The number of rotatable bonds is 3. The number of anilines is 1. The van der Waals surface area contributed by atoms with Crippen LogP contribution in [-0.2, 0) is 0 Å². The van der Waals surface area contributed by atoms with Gasteiger partial charge in [-0.1, -0.05) is 18.2 Å². The normalized spacial score (nSPS) is 14.4. The van der Waals surface area contributed by atoms with Crippen molar-refractivity contribution in [2.24, 2.45) is 0 Å². The van der Waals surface area contributed by atoms with Crippen molar-refractivity contribution in [2.75, 3.05) is 19.5 Å². The topological polar surface area (TPSA) is 71.6 Å². The molecular weight excluding hydrogens is 364 g/mol. The Hall–Kier alpha value is -3.98. The molecule has 0 radical (unpaired) electrons. The van der Waals surface area contributed by atoms with Gasteiger partial charge in [0.2, 0.25) is 0 Å². The first-order chi connectivity index (χ1) is 14.2. The van der Waals surface area contributed by atoms with E-state index in [1.54, 1.807) is 26.6 Å². The van der Waals surface area contributed by atoms with E-state index < -0.39 is 0 Å². The number of fused-ring (bicyclic) bond motifs is 5. The lowest BCUT2D eigenvalue weighted by molar-refractivity contribution is 0.414. The van der Waals surface area contributed by atoms with Crippen LogP contribution in [0, 0.1) is 11.3 Å². The molecular formula is C23H18N4O2. The van der Waals surface area contributed by atoms with Gasteiger partial charge in [0.15, 0.2) is 0 Å². The van der Waals surface area contributed by atoms with Gasteiger partial charge in [-0.25, -0.2) is 0 Å². The number of hydrogen-bond acceptors (Lipinski definition) is 5. The maximum absolute atomic E-state index is 9.92. The van der Waals surface area contributed by atoms with Gasteiger partial charge in [-0.3, -0.25) is 9.38 Å². The molecule has 0 fully saturated rings. The standard InChI is InChI=1S/C23H18N4O2/c1-28-15-5-3-4-14(10-15)22-17-7-6-16(29-2)11-18(17)21-19(12-24)20-13-25-8-9-27(20)23(21)26-22/h3-11,13,22,26H,1-2H3. The predicted octanol–water partition coefficient (Wildman–Crippen LogP) is 4.41. The number of aromatic nitrogens is 2. The number of methoxy groups -OCH3 is 2. The number of nitrogens with zero attached hydrogens (tertiary/aromatic N) is 3. The zero-order valence-electron chi connectivity index (χ0n) is 16.0. The van der Waals surface area contributed by atoms with Gasteiger partial charge in [-0.2, -0.15) is 5.26 Å². The van der Waals surface area contributed by atoms with Crippen LogP contribution >= 0.6 is 0 Å². The third kappa shape index (κ3) is 2.52. The second-order valence-electron chi connectivity index (χ2n) is 6.85. The fourth-order valence-electron chi connectivity index (χ4n) is 4.05. The summed E-state index contributed by atoms with van der Waals surface area (Å²) in [6.45, 7) is 0. The molecule has 6 nitrogen and oxygen atoms in total. The Kier molecular flexibility index (Phi) is 3.88. The minimum absolute atomic E-state index is 0.101. The Morgan fingerprint density at radius 2 is 1.93 bits per heavy atom. The Bertz CT molecular complexity index is 1290. The minimum Gasteiger partial charge on any atom is -0.497 e. The third-order valence-electron chi connectivity index (χ3n) is 5.40. The van der Waals surface area contributed by atoms with Crippen molar-refractivity contribution in [1.82, 2.24) is 9.38 Å². The maximum atomic E-state index is 9.92. The molecule has 0 amide bonds. The van der Waals surface area contributed by atoms with E-state index in [0.717, 1.165) is 45.1 Å². The highest BCUT2D eigenvalue weighted by atomic mass is 16.5. The first-order valence-corrected chi connectivity index (χ1v) is 9.22. The number of benzene rings is 2. The number of hydrogen-bond donors (Lipinski definition) is 1. The lowest BCUT2D eigenvalue weighted by atomic mass is 9.87. The predicted molar refractivity (Wildman–Crippen MR) is 110 cm³/mol. The van der Waals surface area contributed by atoms with Crippen LogP contribution in [0.5, 0.6) is 11.5 Å². The molecule has 1 atom stereocenters. The van der Waals surface area contributed by atoms with E-state index in [0.29, 0.717) is 5.56 Å². The highest BCUT2D eigenvalue weighted by molar-refractivity contribution is 5.94. The molecule has 1 aliphatic rings. The van der Waals surface area contributed by atoms with E-state index in [9.17, 15) is 5.26 Å². The van der Waals surface area contributed by atoms with Gasteiger partial charge in [-0.05, 0) is 41.0 Å². The Balaban J connectivity index is 1.82. The van der Waals surface area contributed by atoms with Crippen molar-refractivity contribution in [3.8, 4) is 28.7 Å². The zero-order chi connectivity index (χ0) is 20.0. The average Bonchev–Trinajstić information content (AvgIpc) is 3.12. The molecule has 5 rings (SSSR count). The van der Waals surface area contributed by atoms with Gasteiger partial charge in [0, 0.05) is 18.0 Å². The summed E-state index contributed by atoms with van der Waals surface area (Å²) >= 11 is 0. The van der Waals surface area contributed by atoms with Crippen molar-refractivity contribution in [2.45, 2.75) is 6.04 Å². The third-order valence-corrected chi connectivity index (χ3v) is 5.40. The summed E-state index contributed by atoms with van der Waals surface area (Å²) < 4.78 is 12.9. The molecule has 2 aromatic heterocycles. The van der Waals surface area contributed by atoms with Gasteiger partial charge < -0.3 is 14.8 Å². The molecule has 2 aromatic carbocycles. The van der Waals surface area contributed by atoms with Crippen LogP contribution in [0.3, 0.4) is 0 Å². The van der Waals surface area contributed by atoms with Gasteiger partial charge in [0.05, 0.1) is 37.5 Å². The van der Waals surface area contributed by atoms with Crippen LogP contribution < -0.4 is 14.8 Å². The van der Waals surface area contributed by atoms with Gasteiger partial charge >= 0.3 is 0 Å². The van der Waals surface area contributed by atoms with E-state index in [1.807, 2.05) is 40.9 Å². The van der Waals surface area contributed by atoms with Crippen molar-refractivity contribution in [3.05, 3.63) is 77.7 Å². The SMILES string of the molecule is COc1cccc(C2Nc3c(c(C#N)c4cnccn34)-c3cc(OC)ccc32)c1. The molecule has 1 unspecified atom stereocenters. The summed E-state index contributed by atoms with van der Waals surface area (Å²) in [5.74, 6) is 2.41. The highest BCUT2D eigenvalue weighted by Gasteiger charge is 2.31. The summed E-state index contributed by atoms with van der Waals surface area (Å²) in [7, 11) is 3.31. The van der Waals surface area contributed by atoms with Crippen molar-refractivity contribution in [3.63, 3.8) is 0 Å². The molecule has 142 valence electrons. The van der Waals surface area contributed by atoms with Crippen molar-refractivity contribution >= 4 is 11.3 Å². The van der Waals surface area contributed by atoms with Crippen LogP contribution in [0.2, 0.25) is 0 Å². The summed E-state index contributed by atoms with van der Waals surface area (Å²) in [6.07, 6.45) is 5.31. The largest absolute Gasteiger partial charge is 0.497 e. The summed E-state index contributed by atoms with van der Waals surface area (Å²) in [5, 5.41) is 13.6. The molecule has 6 heteroatoms. The van der Waals surface area contributed by atoms with E-state index in [2.05, 4.69) is 28.5 Å². The fraction of sp³-hybridized carbons (Fsp3) is 0.130. The summed E-state index contributed by atoms with van der Waals surface area (Å²) in [4.78, 5) is 4.21. The van der Waals surface area contributed by atoms with Crippen LogP contribution in [0.25, 0.3) is 16.6 Å². The molecule has 0 saturated carbocycles. The van der Waals surface area contributed by atoms with Crippen molar-refractivity contribution in [1.29, 1.82) is 5.26 Å². The minimum atomic E-state index is -0.101. The molecule has 1 N–H and O–H groups in total.